The molecule has 1 aromatic rings. The summed E-state index contributed by atoms with van der Waals surface area (Å²) in [6.45, 7) is 10.7. The largest absolute Gasteiger partial charge is 0.341 e. The standard InChI is InChI=1S/C19H29N3O/c1-18(2)10-14(11-19(3,4)21-18)9-17(23)22-12-16(13-22)15-5-7-20-8-6-15/h5-8,14,16,21H,9-13H2,1-4H3. The highest BCUT2D eigenvalue weighted by Gasteiger charge is 2.40. The minimum Gasteiger partial charge on any atom is -0.341 e. The number of hydrogen-bond acceptors (Lipinski definition) is 3. The molecule has 126 valence electrons. The van der Waals surface area contributed by atoms with Gasteiger partial charge in [0.2, 0.25) is 5.91 Å². The van der Waals surface area contributed by atoms with Gasteiger partial charge in [-0.15, -0.1) is 0 Å². The van der Waals surface area contributed by atoms with E-state index in [9.17, 15) is 4.79 Å². The van der Waals surface area contributed by atoms with E-state index in [1.807, 2.05) is 17.3 Å². The highest BCUT2D eigenvalue weighted by molar-refractivity contribution is 5.77. The molecule has 23 heavy (non-hydrogen) atoms. The number of carbonyl (C=O) groups is 1. The Morgan fingerprint density at radius 3 is 2.30 bits per heavy atom. The van der Waals surface area contributed by atoms with Crippen LogP contribution in [0, 0.1) is 5.92 Å². The summed E-state index contributed by atoms with van der Waals surface area (Å²) in [7, 11) is 0. The lowest BCUT2D eigenvalue weighted by molar-refractivity contribution is -0.137. The third-order valence-electron chi connectivity index (χ3n) is 5.15. The molecule has 0 spiro atoms. The number of hydrogen-bond donors (Lipinski definition) is 1. The fourth-order valence-electron chi connectivity index (χ4n) is 4.58. The van der Waals surface area contributed by atoms with Crippen LogP contribution in [0.2, 0.25) is 0 Å². The molecule has 4 nitrogen and oxygen atoms in total. The van der Waals surface area contributed by atoms with Crippen LogP contribution in [-0.4, -0.2) is 40.0 Å². The smallest absolute Gasteiger partial charge is 0.222 e. The zero-order valence-electron chi connectivity index (χ0n) is 14.8. The zero-order valence-corrected chi connectivity index (χ0v) is 14.8. The molecule has 2 aliphatic rings. The van der Waals surface area contributed by atoms with Crippen LogP contribution in [0.25, 0.3) is 0 Å². The van der Waals surface area contributed by atoms with Crippen molar-refractivity contribution in [3.63, 3.8) is 0 Å². The van der Waals surface area contributed by atoms with Gasteiger partial charge in [0.05, 0.1) is 0 Å². The normalized spacial score (nSPS) is 24.3. The van der Waals surface area contributed by atoms with E-state index >= 15 is 0 Å². The lowest BCUT2D eigenvalue weighted by atomic mass is 9.74. The van der Waals surface area contributed by atoms with Gasteiger partial charge in [0.1, 0.15) is 0 Å². The summed E-state index contributed by atoms with van der Waals surface area (Å²) in [4.78, 5) is 18.7. The predicted octanol–water partition coefficient (Wildman–Crippen LogP) is 2.95. The molecule has 0 saturated carbocycles. The van der Waals surface area contributed by atoms with E-state index in [1.54, 1.807) is 0 Å². The maximum atomic E-state index is 12.6. The maximum Gasteiger partial charge on any atom is 0.222 e. The van der Waals surface area contributed by atoms with E-state index in [-0.39, 0.29) is 11.1 Å². The molecule has 0 bridgehead atoms. The van der Waals surface area contributed by atoms with Crippen LogP contribution in [0.4, 0.5) is 0 Å². The number of nitrogens with zero attached hydrogens (tertiary/aromatic N) is 2. The average Bonchev–Trinajstić information content (AvgIpc) is 2.34. The molecule has 1 aromatic heterocycles. The summed E-state index contributed by atoms with van der Waals surface area (Å²) in [6, 6.07) is 4.12. The summed E-state index contributed by atoms with van der Waals surface area (Å²) in [6.07, 6.45) is 6.50. The quantitative estimate of drug-likeness (QED) is 0.933. The van der Waals surface area contributed by atoms with Gasteiger partial charge in [-0.3, -0.25) is 9.78 Å². The Kier molecular flexibility index (Phi) is 4.21. The molecule has 0 atom stereocenters. The molecule has 0 radical (unpaired) electrons. The van der Waals surface area contributed by atoms with Crippen LogP contribution in [-0.2, 0) is 4.79 Å². The Hall–Kier alpha value is -1.42. The maximum absolute atomic E-state index is 12.6. The van der Waals surface area contributed by atoms with Crippen LogP contribution < -0.4 is 5.32 Å². The van der Waals surface area contributed by atoms with Gasteiger partial charge >= 0.3 is 0 Å². The summed E-state index contributed by atoms with van der Waals surface area (Å²) in [5.74, 6) is 1.30. The highest BCUT2D eigenvalue weighted by atomic mass is 16.2. The van der Waals surface area contributed by atoms with Crippen LogP contribution in [0.3, 0.4) is 0 Å². The summed E-state index contributed by atoms with van der Waals surface area (Å²) >= 11 is 0. The average molecular weight is 315 g/mol. The van der Waals surface area contributed by atoms with Crippen molar-refractivity contribution in [1.29, 1.82) is 0 Å². The van der Waals surface area contributed by atoms with Crippen LogP contribution in [0.5, 0.6) is 0 Å². The minimum atomic E-state index is 0.112. The Morgan fingerprint density at radius 2 is 1.74 bits per heavy atom. The lowest BCUT2D eigenvalue weighted by Gasteiger charge is -2.47. The van der Waals surface area contributed by atoms with E-state index in [0.29, 0.717) is 24.2 Å². The number of nitrogens with one attached hydrogen (secondary N) is 1. The first-order chi connectivity index (χ1) is 10.7. The summed E-state index contributed by atoms with van der Waals surface area (Å²) in [5, 5.41) is 3.69. The number of rotatable bonds is 3. The van der Waals surface area contributed by atoms with Gasteiger partial charge in [-0.25, -0.2) is 0 Å². The van der Waals surface area contributed by atoms with Gasteiger partial charge in [0.15, 0.2) is 0 Å². The van der Waals surface area contributed by atoms with Gasteiger partial charge in [-0.2, -0.15) is 0 Å². The van der Waals surface area contributed by atoms with Crippen LogP contribution in [0.15, 0.2) is 24.5 Å². The Balaban J connectivity index is 1.53. The SMILES string of the molecule is CC1(C)CC(CC(=O)N2CC(c3ccncc3)C2)CC(C)(C)N1. The molecule has 3 rings (SSSR count). The predicted molar refractivity (Wildman–Crippen MR) is 92.2 cm³/mol. The molecule has 2 aliphatic heterocycles. The summed E-state index contributed by atoms with van der Waals surface area (Å²) in [5.41, 5.74) is 1.52. The van der Waals surface area contributed by atoms with Crippen molar-refractivity contribution in [3.8, 4) is 0 Å². The number of carbonyl (C=O) groups excluding carboxylic acids is 1. The second-order valence-corrected chi connectivity index (χ2v) is 8.65. The highest BCUT2D eigenvalue weighted by Crippen LogP contribution is 2.36. The van der Waals surface area contributed by atoms with Gasteiger partial charge in [-0.1, -0.05) is 0 Å². The van der Waals surface area contributed by atoms with Gasteiger partial charge < -0.3 is 10.2 Å². The number of piperidine rings is 1. The molecule has 0 unspecified atom stereocenters. The van der Waals surface area contributed by atoms with Crippen molar-refractivity contribution in [2.24, 2.45) is 5.92 Å². The Morgan fingerprint density at radius 1 is 1.17 bits per heavy atom. The second-order valence-electron chi connectivity index (χ2n) is 8.65. The van der Waals surface area contributed by atoms with E-state index in [0.717, 1.165) is 25.9 Å². The lowest BCUT2D eigenvalue weighted by Crippen LogP contribution is -2.58. The molecule has 3 heterocycles. The third-order valence-corrected chi connectivity index (χ3v) is 5.15. The minimum absolute atomic E-state index is 0.112. The molecule has 2 fully saturated rings. The van der Waals surface area contributed by atoms with E-state index in [2.05, 4.69) is 50.1 Å². The zero-order chi connectivity index (χ0) is 16.7. The molecule has 0 aliphatic carbocycles. The Labute approximate surface area is 139 Å². The fourth-order valence-corrected chi connectivity index (χ4v) is 4.58. The first-order valence-electron chi connectivity index (χ1n) is 8.71. The molecule has 4 heteroatoms. The molecular formula is C19H29N3O. The van der Waals surface area contributed by atoms with Gasteiger partial charge in [-0.05, 0) is 64.2 Å². The number of pyridine rings is 1. The third kappa shape index (κ3) is 3.92. The van der Waals surface area contributed by atoms with E-state index in [4.69, 9.17) is 0 Å². The molecule has 0 aromatic carbocycles. The fraction of sp³-hybridized carbons (Fsp3) is 0.684. The monoisotopic (exact) mass is 315 g/mol. The number of likely N-dealkylation sites (tertiary alicyclic amines) is 1. The van der Waals surface area contributed by atoms with Crippen molar-refractivity contribution < 1.29 is 4.79 Å². The summed E-state index contributed by atoms with van der Waals surface area (Å²) < 4.78 is 0. The van der Waals surface area contributed by atoms with Crippen molar-refractivity contribution >= 4 is 5.91 Å². The number of aromatic nitrogens is 1. The first kappa shape index (κ1) is 16.4. The molecular weight excluding hydrogens is 286 g/mol. The van der Waals surface area contributed by atoms with Crippen LogP contribution in [0.1, 0.15) is 58.4 Å². The Bertz CT molecular complexity index is 545. The molecule has 1 amide bonds. The van der Waals surface area contributed by atoms with Crippen molar-refractivity contribution in [2.45, 2.75) is 64.0 Å². The van der Waals surface area contributed by atoms with Gasteiger partial charge in [0.25, 0.3) is 0 Å². The van der Waals surface area contributed by atoms with E-state index < -0.39 is 0 Å². The van der Waals surface area contributed by atoms with Crippen molar-refractivity contribution in [3.05, 3.63) is 30.1 Å². The topological polar surface area (TPSA) is 45.2 Å². The first-order valence-corrected chi connectivity index (χ1v) is 8.71. The number of amides is 1. The van der Waals surface area contributed by atoms with Crippen molar-refractivity contribution in [2.75, 3.05) is 13.1 Å². The molecule has 1 N–H and O–H groups in total. The van der Waals surface area contributed by atoms with E-state index in [1.165, 1.54) is 5.56 Å². The second kappa shape index (κ2) is 5.90. The van der Waals surface area contributed by atoms with Gasteiger partial charge in [0, 0.05) is 48.9 Å². The van der Waals surface area contributed by atoms with Crippen LogP contribution >= 0.6 is 0 Å². The van der Waals surface area contributed by atoms with Crippen molar-refractivity contribution in [1.82, 2.24) is 15.2 Å². The molecule has 2 saturated heterocycles.